The Labute approximate surface area is 204 Å². The van der Waals surface area contributed by atoms with Crippen molar-refractivity contribution in [3.63, 3.8) is 0 Å². The minimum atomic E-state index is -2.43. The van der Waals surface area contributed by atoms with Gasteiger partial charge < -0.3 is 17.7 Å². The molecular weight excluding hydrogens is 473 g/mol. The minimum Gasteiger partial charge on any atom is -0.394 e. The fraction of sp³-hybridized carbons (Fsp3) is 0.500. The van der Waals surface area contributed by atoms with Gasteiger partial charge in [0.2, 0.25) is 0 Å². The van der Waals surface area contributed by atoms with Crippen molar-refractivity contribution in [3.05, 3.63) is 48.5 Å². The highest BCUT2D eigenvalue weighted by atomic mass is 33.1. The average Bonchev–Trinajstić information content (AvgIpc) is 2.80. The summed E-state index contributed by atoms with van der Waals surface area (Å²) in [5.74, 6) is 1.01. The van der Waals surface area contributed by atoms with Gasteiger partial charge in [-0.1, -0.05) is 73.5 Å². The lowest BCUT2D eigenvalue weighted by Crippen LogP contribution is -2.53. The van der Waals surface area contributed by atoms with Crippen molar-refractivity contribution in [3.8, 4) is 0 Å². The molecule has 0 atom stereocenters. The molecule has 32 heavy (non-hydrogen) atoms. The van der Waals surface area contributed by atoms with E-state index in [1.165, 1.54) is 20.2 Å². The van der Waals surface area contributed by atoms with Crippen LogP contribution in [0.25, 0.3) is 0 Å². The molecule has 0 saturated heterocycles. The minimum absolute atomic E-state index is 0.506. The lowest BCUT2D eigenvalue weighted by atomic mass is 10.3. The quantitative estimate of drug-likeness (QED) is 0.255. The van der Waals surface area contributed by atoms with Crippen LogP contribution in [0.15, 0.2) is 58.3 Å². The van der Waals surface area contributed by atoms with Gasteiger partial charge in [0.25, 0.3) is 0 Å². The molecule has 0 aliphatic heterocycles. The maximum absolute atomic E-state index is 5.99. The number of hydrogen-bond donors (Lipinski definition) is 0. The highest BCUT2D eigenvalue weighted by molar-refractivity contribution is 8.76. The third-order valence-electron chi connectivity index (χ3n) is 5.45. The van der Waals surface area contributed by atoms with E-state index in [1.807, 2.05) is 0 Å². The van der Waals surface area contributed by atoms with Crippen LogP contribution in [0.4, 0.5) is 0 Å². The molecule has 8 heteroatoms. The van der Waals surface area contributed by atoms with Crippen molar-refractivity contribution in [1.29, 1.82) is 0 Å². The fourth-order valence-corrected chi connectivity index (χ4v) is 12.2. The van der Waals surface area contributed by atoms with Crippen LogP contribution >= 0.6 is 21.6 Å². The second kappa shape index (κ2) is 12.8. The monoisotopic (exact) mass is 510 g/mol. The maximum Gasteiger partial charge on any atom is 0.372 e. The lowest BCUT2D eigenvalue weighted by Gasteiger charge is -2.29. The first-order valence-electron chi connectivity index (χ1n) is 11.0. The molecule has 2 aromatic carbocycles. The van der Waals surface area contributed by atoms with E-state index >= 15 is 0 Å². The van der Waals surface area contributed by atoms with Gasteiger partial charge in [0.05, 0.1) is 0 Å². The third kappa shape index (κ3) is 6.96. The van der Waals surface area contributed by atoms with Crippen LogP contribution in [0.5, 0.6) is 0 Å². The second-order valence-electron chi connectivity index (χ2n) is 8.74. The SMILES string of the molecule is CO[Si](CC(C)C)(OC)c1cccc(SSc2cccc([Si](CC(C)C)(OC)OC)c2)c1. The molecule has 0 unspecified atom stereocenters. The molecule has 0 amide bonds. The number of rotatable bonds is 13. The Balaban J connectivity index is 2.23. The van der Waals surface area contributed by atoms with Crippen LogP contribution in [0, 0.1) is 11.8 Å². The molecule has 178 valence electrons. The molecule has 0 bridgehead atoms. The summed E-state index contributed by atoms with van der Waals surface area (Å²) in [7, 11) is 5.74. The Bertz CT molecular complexity index is 771. The molecule has 0 aliphatic carbocycles. The summed E-state index contributed by atoms with van der Waals surface area (Å²) < 4.78 is 24.0. The summed E-state index contributed by atoms with van der Waals surface area (Å²) in [6, 6.07) is 19.1. The Morgan fingerprint density at radius 1 is 0.625 bits per heavy atom. The Hall–Kier alpha value is -0.586. The van der Waals surface area contributed by atoms with E-state index in [2.05, 4.69) is 76.2 Å². The van der Waals surface area contributed by atoms with E-state index in [0.29, 0.717) is 11.8 Å². The van der Waals surface area contributed by atoms with Gasteiger partial charge in [-0.05, 0) is 58.6 Å². The molecule has 0 N–H and O–H groups in total. The Morgan fingerprint density at radius 2 is 0.969 bits per heavy atom. The zero-order valence-electron chi connectivity index (χ0n) is 20.6. The van der Waals surface area contributed by atoms with Gasteiger partial charge in [0.1, 0.15) is 0 Å². The molecule has 2 aromatic rings. The predicted molar refractivity (Wildman–Crippen MR) is 143 cm³/mol. The third-order valence-corrected chi connectivity index (χ3v) is 15.6. The highest BCUT2D eigenvalue weighted by Crippen LogP contribution is 2.37. The molecule has 0 heterocycles. The van der Waals surface area contributed by atoms with E-state index in [4.69, 9.17) is 17.7 Å². The van der Waals surface area contributed by atoms with Crippen LogP contribution < -0.4 is 10.4 Å². The van der Waals surface area contributed by atoms with Crippen molar-refractivity contribution < 1.29 is 17.7 Å². The van der Waals surface area contributed by atoms with E-state index in [1.54, 1.807) is 50.0 Å². The first kappa shape index (κ1) is 27.7. The zero-order valence-corrected chi connectivity index (χ0v) is 24.3. The number of benzene rings is 2. The maximum atomic E-state index is 5.99. The highest BCUT2D eigenvalue weighted by Gasteiger charge is 2.40. The van der Waals surface area contributed by atoms with E-state index in [9.17, 15) is 0 Å². The van der Waals surface area contributed by atoms with Gasteiger partial charge >= 0.3 is 17.1 Å². The normalized spacial score (nSPS) is 12.7. The molecule has 0 aromatic heterocycles. The zero-order chi connectivity index (χ0) is 23.8. The average molecular weight is 511 g/mol. The summed E-state index contributed by atoms with van der Waals surface area (Å²) in [5, 5.41) is 2.36. The van der Waals surface area contributed by atoms with Gasteiger partial charge in [-0.25, -0.2) is 0 Å². The largest absolute Gasteiger partial charge is 0.394 e. The summed E-state index contributed by atoms with van der Waals surface area (Å²) >= 11 is 0. The molecule has 2 rings (SSSR count). The fourth-order valence-electron chi connectivity index (χ4n) is 3.95. The topological polar surface area (TPSA) is 36.9 Å². The van der Waals surface area contributed by atoms with Crippen LogP contribution in [-0.2, 0) is 17.7 Å². The summed E-state index contributed by atoms with van der Waals surface area (Å²) in [4.78, 5) is 2.38. The first-order chi connectivity index (χ1) is 15.2. The summed E-state index contributed by atoms with van der Waals surface area (Å²) in [5.41, 5.74) is 0. The van der Waals surface area contributed by atoms with Gasteiger partial charge in [0.15, 0.2) is 0 Å². The molecule has 0 fully saturated rings. The second-order valence-corrected chi connectivity index (χ2v) is 17.6. The van der Waals surface area contributed by atoms with Crippen molar-refractivity contribution in [1.82, 2.24) is 0 Å². The van der Waals surface area contributed by atoms with Gasteiger partial charge in [-0.3, -0.25) is 0 Å². The van der Waals surface area contributed by atoms with Crippen LogP contribution in [0.1, 0.15) is 27.7 Å². The molecule has 0 saturated carbocycles. The van der Waals surface area contributed by atoms with E-state index in [0.717, 1.165) is 12.1 Å². The standard InChI is InChI=1S/C24H38O4S2Si2/c1-19(2)17-31(25-5,26-6)23-13-9-11-21(15-23)29-30-22-12-10-14-24(16-22)32(27-7,28-8)18-20(3)4/h9-16,19-20H,17-18H2,1-8H3. The van der Waals surface area contributed by atoms with Gasteiger partial charge in [-0.2, -0.15) is 0 Å². The summed E-state index contributed by atoms with van der Waals surface area (Å²) in [6.45, 7) is 8.85. The van der Waals surface area contributed by atoms with E-state index < -0.39 is 17.1 Å². The van der Waals surface area contributed by atoms with Crippen molar-refractivity contribution >= 4 is 49.1 Å². The predicted octanol–water partition coefficient (Wildman–Crippen LogP) is 5.68. The van der Waals surface area contributed by atoms with Crippen LogP contribution in [-0.4, -0.2) is 45.6 Å². The Kier molecular flexibility index (Phi) is 11.0. The van der Waals surface area contributed by atoms with Crippen molar-refractivity contribution in [2.75, 3.05) is 28.4 Å². The van der Waals surface area contributed by atoms with Gasteiger partial charge in [0, 0.05) is 38.2 Å². The molecule has 0 spiro atoms. The number of hydrogen-bond acceptors (Lipinski definition) is 6. The van der Waals surface area contributed by atoms with Crippen LogP contribution in [0.2, 0.25) is 12.1 Å². The molecule has 0 aliphatic rings. The van der Waals surface area contributed by atoms with Crippen molar-refractivity contribution in [2.45, 2.75) is 49.6 Å². The van der Waals surface area contributed by atoms with Gasteiger partial charge in [-0.15, -0.1) is 0 Å². The molecule has 0 radical (unpaired) electrons. The lowest BCUT2D eigenvalue weighted by molar-refractivity contribution is 0.251. The molecular formula is C24H38O4S2Si2. The smallest absolute Gasteiger partial charge is 0.372 e. The first-order valence-corrected chi connectivity index (χ1v) is 17.2. The Morgan fingerprint density at radius 3 is 1.25 bits per heavy atom. The summed E-state index contributed by atoms with van der Waals surface area (Å²) in [6.07, 6.45) is 0. The molecule has 4 nitrogen and oxygen atoms in total. The van der Waals surface area contributed by atoms with Crippen molar-refractivity contribution in [2.24, 2.45) is 11.8 Å². The van der Waals surface area contributed by atoms with E-state index in [-0.39, 0.29) is 0 Å². The van der Waals surface area contributed by atoms with Crippen LogP contribution in [0.3, 0.4) is 0 Å².